The predicted octanol–water partition coefficient (Wildman–Crippen LogP) is 3.04. The lowest BCUT2D eigenvalue weighted by Crippen LogP contribution is -2.40. The van der Waals surface area contributed by atoms with E-state index >= 15 is 0 Å². The molecule has 1 fully saturated rings. The summed E-state index contributed by atoms with van der Waals surface area (Å²) in [5.74, 6) is 0.772. The van der Waals surface area contributed by atoms with Crippen LogP contribution in [0.25, 0.3) is 10.6 Å². The average molecular weight is 411 g/mol. The summed E-state index contributed by atoms with van der Waals surface area (Å²) in [5.41, 5.74) is 3.28. The van der Waals surface area contributed by atoms with E-state index in [9.17, 15) is 13.2 Å². The zero-order chi connectivity index (χ0) is 18.7. The molecule has 26 heavy (non-hydrogen) atoms. The van der Waals surface area contributed by atoms with Gasteiger partial charge < -0.3 is 5.32 Å². The lowest BCUT2D eigenvalue weighted by atomic mass is 10.2. The summed E-state index contributed by atoms with van der Waals surface area (Å²) < 4.78 is 23.0. The minimum atomic E-state index is -2.98. The van der Waals surface area contributed by atoms with Gasteiger partial charge in [0.1, 0.15) is 5.01 Å². The number of aromatic nitrogens is 1. The molecule has 1 aromatic heterocycles. The topological polar surface area (TPSA) is 76.1 Å². The molecule has 140 valence electrons. The summed E-state index contributed by atoms with van der Waals surface area (Å²) in [6, 6.07) is 8.03. The first-order valence-corrected chi connectivity index (χ1v) is 12.2. The van der Waals surface area contributed by atoms with Crippen molar-refractivity contribution in [3.05, 3.63) is 40.9 Å². The van der Waals surface area contributed by atoms with Crippen LogP contribution < -0.4 is 5.32 Å². The fourth-order valence-corrected chi connectivity index (χ4v) is 6.11. The number of thiazole rings is 1. The van der Waals surface area contributed by atoms with Gasteiger partial charge in [-0.05, 0) is 20.3 Å². The van der Waals surface area contributed by atoms with Crippen LogP contribution in [0.1, 0.15) is 24.6 Å². The van der Waals surface area contributed by atoms with Crippen LogP contribution in [0, 0.1) is 6.92 Å². The lowest BCUT2D eigenvalue weighted by molar-refractivity contribution is -0.120. The minimum absolute atomic E-state index is 0.0577. The maximum Gasteiger partial charge on any atom is 0.233 e. The van der Waals surface area contributed by atoms with E-state index in [1.54, 1.807) is 11.3 Å². The molecule has 5 nitrogen and oxygen atoms in total. The summed E-state index contributed by atoms with van der Waals surface area (Å²) in [7, 11) is -2.98. The smallest absolute Gasteiger partial charge is 0.233 e. The molecule has 1 aliphatic heterocycles. The monoisotopic (exact) mass is 410 g/mol. The number of nitrogens with zero attached hydrogens (tertiary/aromatic N) is 1. The number of rotatable bonds is 6. The van der Waals surface area contributed by atoms with Crippen LogP contribution >= 0.6 is 23.1 Å². The Labute approximate surface area is 162 Å². The van der Waals surface area contributed by atoms with Crippen LogP contribution in [0.2, 0.25) is 0 Å². The Morgan fingerprint density at radius 3 is 2.77 bits per heavy atom. The van der Waals surface area contributed by atoms with Crippen molar-refractivity contribution in [3.63, 3.8) is 0 Å². The first-order valence-electron chi connectivity index (χ1n) is 8.46. The molecule has 0 spiro atoms. The van der Waals surface area contributed by atoms with Gasteiger partial charge >= 0.3 is 0 Å². The third-order valence-electron chi connectivity index (χ3n) is 4.28. The Bertz CT molecular complexity index is 875. The van der Waals surface area contributed by atoms with Crippen molar-refractivity contribution in [3.8, 4) is 10.6 Å². The third kappa shape index (κ3) is 5.08. The van der Waals surface area contributed by atoms with E-state index in [0.717, 1.165) is 16.3 Å². The normalized spacial score (nSPS) is 20.0. The SMILES string of the molecule is Cc1ccc(-c2nc(CS[C@@H](C)C(=O)N[C@H]3CCS(=O)(=O)C3)cs2)cc1. The van der Waals surface area contributed by atoms with Gasteiger partial charge in [-0.3, -0.25) is 4.79 Å². The Morgan fingerprint density at radius 2 is 2.12 bits per heavy atom. The number of thioether (sulfide) groups is 1. The van der Waals surface area contributed by atoms with E-state index in [-0.39, 0.29) is 28.7 Å². The molecular formula is C18H22N2O3S3. The molecule has 1 aliphatic rings. The number of carbonyl (C=O) groups excluding carboxylic acids is 1. The molecule has 0 unspecified atom stereocenters. The highest BCUT2D eigenvalue weighted by molar-refractivity contribution is 7.99. The molecule has 0 aliphatic carbocycles. The van der Waals surface area contributed by atoms with Crippen LogP contribution in [0.5, 0.6) is 0 Å². The van der Waals surface area contributed by atoms with Gasteiger partial charge in [0.05, 0.1) is 22.4 Å². The molecule has 1 amide bonds. The van der Waals surface area contributed by atoms with Crippen molar-refractivity contribution in [2.24, 2.45) is 0 Å². The molecule has 1 aromatic carbocycles. The number of benzene rings is 1. The van der Waals surface area contributed by atoms with Crippen LogP contribution in [0.15, 0.2) is 29.6 Å². The molecule has 0 bridgehead atoms. The number of nitrogens with one attached hydrogen (secondary N) is 1. The summed E-state index contributed by atoms with van der Waals surface area (Å²) in [4.78, 5) is 16.9. The fourth-order valence-electron chi connectivity index (χ4n) is 2.72. The predicted molar refractivity (Wildman–Crippen MR) is 108 cm³/mol. The second-order valence-corrected chi connectivity index (χ2v) is 11.0. The molecule has 8 heteroatoms. The van der Waals surface area contributed by atoms with Gasteiger partial charge in [-0.1, -0.05) is 29.8 Å². The van der Waals surface area contributed by atoms with Gasteiger partial charge in [0.25, 0.3) is 0 Å². The Morgan fingerprint density at radius 1 is 1.38 bits per heavy atom. The molecule has 0 radical (unpaired) electrons. The van der Waals surface area contributed by atoms with E-state index in [4.69, 9.17) is 0 Å². The van der Waals surface area contributed by atoms with E-state index in [2.05, 4.69) is 41.5 Å². The van der Waals surface area contributed by atoms with E-state index < -0.39 is 9.84 Å². The molecule has 2 aromatic rings. The van der Waals surface area contributed by atoms with E-state index in [1.807, 2.05) is 12.3 Å². The Balaban J connectivity index is 1.51. The highest BCUT2D eigenvalue weighted by Gasteiger charge is 2.30. The van der Waals surface area contributed by atoms with Gasteiger partial charge in [0, 0.05) is 22.7 Å². The summed E-state index contributed by atoms with van der Waals surface area (Å²) >= 11 is 3.12. The largest absolute Gasteiger partial charge is 0.351 e. The van der Waals surface area contributed by atoms with Gasteiger partial charge in [0.2, 0.25) is 5.91 Å². The number of sulfone groups is 1. The highest BCUT2D eigenvalue weighted by atomic mass is 32.2. The van der Waals surface area contributed by atoms with Gasteiger partial charge in [-0.15, -0.1) is 23.1 Å². The summed E-state index contributed by atoms with van der Waals surface area (Å²) in [6.07, 6.45) is 0.511. The zero-order valence-electron chi connectivity index (χ0n) is 14.8. The number of carbonyl (C=O) groups is 1. The van der Waals surface area contributed by atoms with E-state index in [1.165, 1.54) is 17.3 Å². The third-order valence-corrected chi connectivity index (χ3v) is 8.16. The second kappa shape index (κ2) is 8.10. The fraction of sp³-hybridized carbons (Fsp3) is 0.444. The number of hydrogen-bond donors (Lipinski definition) is 1. The molecule has 0 saturated carbocycles. The number of amides is 1. The van der Waals surface area contributed by atoms with E-state index in [0.29, 0.717) is 12.2 Å². The summed E-state index contributed by atoms with van der Waals surface area (Å²) in [5, 5.41) is 5.61. The molecule has 1 N–H and O–H groups in total. The van der Waals surface area contributed by atoms with Crippen LogP contribution in [0.3, 0.4) is 0 Å². The van der Waals surface area contributed by atoms with Gasteiger partial charge in [0.15, 0.2) is 9.84 Å². The Hall–Kier alpha value is -1.38. The molecule has 2 heterocycles. The maximum absolute atomic E-state index is 12.2. The first kappa shape index (κ1) is 19.4. The quantitative estimate of drug-likeness (QED) is 0.792. The first-order chi connectivity index (χ1) is 12.3. The van der Waals surface area contributed by atoms with Crippen molar-refractivity contribution in [1.82, 2.24) is 10.3 Å². The number of hydrogen-bond acceptors (Lipinski definition) is 6. The lowest BCUT2D eigenvalue weighted by Gasteiger charge is -2.15. The highest BCUT2D eigenvalue weighted by Crippen LogP contribution is 2.27. The van der Waals surface area contributed by atoms with Crippen molar-refractivity contribution in [1.29, 1.82) is 0 Å². The van der Waals surface area contributed by atoms with Crippen molar-refractivity contribution in [2.45, 2.75) is 37.3 Å². The van der Waals surface area contributed by atoms with Crippen LogP contribution in [-0.2, 0) is 20.4 Å². The molecule has 3 rings (SSSR count). The summed E-state index contributed by atoms with van der Waals surface area (Å²) in [6.45, 7) is 3.90. The number of aryl methyl sites for hydroxylation is 1. The average Bonchev–Trinajstić information content (AvgIpc) is 3.19. The molecule has 1 saturated heterocycles. The Kier molecular flexibility index (Phi) is 6.04. The van der Waals surface area contributed by atoms with Crippen LogP contribution in [-0.4, -0.2) is 42.1 Å². The van der Waals surface area contributed by atoms with Crippen molar-refractivity contribution in [2.75, 3.05) is 11.5 Å². The maximum atomic E-state index is 12.2. The standard InChI is InChI=1S/C18H22N2O3S3/c1-12-3-5-14(6-4-12)18-20-16(10-25-18)9-24-13(2)17(21)19-15-7-8-26(22,23)11-15/h3-6,10,13,15H,7-9,11H2,1-2H3,(H,19,21)/t13-,15-/m0/s1. The molecular weight excluding hydrogens is 388 g/mol. The zero-order valence-corrected chi connectivity index (χ0v) is 17.2. The van der Waals surface area contributed by atoms with Crippen molar-refractivity contribution >= 4 is 38.8 Å². The molecule has 2 atom stereocenters. The second-order valence-electron chi connectivity index (χ2n) is 6.57. The van der Waals surface area contributed by atoms with Crippen molar-refractivity contribution < 1.29 is 13.2 Å². The van der Waals surface area contributed by atoms with Gasteiger partial charge in [-0.2, -0.15) is 0 Å². The van der Waals surface area contributed by atoms with Gasteiger partial charge in [-0.25, -0.2) is 13.4 Å². The minimum Gasteiger partial charge on any atom is -0.351 e. The van der Waals surface area contributed by atoms with Crippen LogP contribution in [0.4, 0.5) is 0 Å².